The molecule has 0 atom stereocenters. The van der Waals surface area contributed by atoms with Gasteiger partial charge in [-0.15, -0.1) is 0 Å². The van der Waals surface area contributed by atoms with Crippen molar-refractivity contribution in [3.63, 3.8) is 0 Å². The molecule has 0 aliphatic carbocycles. The molecule has 0 bridgehead atoms. The van der Waals surface area contributed by atoms with E-state index in [9.17, 15) is 21.6 Å². The Morgan fingerprint density at radius 1 is 1.23 bits per heavy atom. The van der Waals surface area contributed by atoms with Gasteiger partial charge >= 0.3 is 6.18 Å². The van der Waals surface area contributed by atoms with Gasteiger partial charge < -0.3 is 15.1 Å². The van der Waals surface area contributed by atoms with Gasteiger partial charge in [0.05, 0.1) is 21.5 Å². The second kappa shape index (κ2) is 7.59. The molecule has 160 valence electrons. The smallest absolute Gasteiger partial charge is 0.394 e. The van der Waals surface area contributed by atoms with Crippen LogP contribution in [0, 0.1) is 0 Å². The number of amidine groups is 1. The fourth-order valence-electron chi connectivity index (χ4n) is 2.82. The zero-order valence-corrected chi connectivity index (χ0v) is 17.0. The lowest BCUT2D eigenvalue weighted by Crippen LogP contribution is -2.17. The van der Waals surface area contributed by atoms with E-state index in [0.717, 1.165) is 18.4 Å². The van der Waals surface area contributed by atoms with E-state index in [1.165, 1.54) is 22.8 Å². The van der Waals surface area contributed by atoms with Crippen LogP contribution in [0.2, 0.25) is 0 Å². The number of halogens is 3. The molecular weight excluding hydrogens is 423 g/mol. The van der Waals surface area contributed by atoms with Crippen molar-refractivity contribution < 1.29 is 26.4 Å². The zero-order valence-electron chi connectivity index (χ0n) is 16.2. The van der Waals surface area contributed by atoms with Crippen LogP contribution < -0.4 is 5.73 Å². The first-order valence-corrected chi connectivity index (χ1v) is 10.5. The average molecular weight is 441 g/mol. The molecule has 0 saturated heterocycles. The molecule has 12 heteroatoms. The molecular formula is C18H18F3N5O3S. The van der Waals surface area contributed by atoms with Gasteiger partial charge in [0.2, 0.25) is 0 Å². The van der Waals surface area contributed by atoms with Gasteiger partial charge in [0.25, 0.3) is 0 Å². The molecule has 0 fully saturated rings. The molecule has 0 saturated carbocycles. The van der Waals surface area contributed by atoms with Crippen molar-refractivity contribution in [3.8, 4) is 11.5 Å². The zero-order chi connectivity index (χ0) is 22.3. The summed E-state index contributed by atoms with van der Waals surface area (Å²) in [5.41, 5.74) is 5.46. The Bertz CT molecular complexity index is 1250. The van der Waals surface area contributed by atoms with Crippen LogP contribution in [-0.4, -0.2) is 41.7 Å². The molecule has 2 aromatic heterocycles. The van der Waals surface area contributed by atoms with E-state index < -0.39 is 21.6 Å². The Balaban J connectivity index is 2.27. The molecule has 0 aliphatic heterocycles. The van der Waals surface area contributed by atoms with Crippen molar-refractivity contribution in [3.05, 3.63) is 41.6 Å². The number of sulfone groups is 1. The number of alkyl halides is 3. The average Bonchev–Trinajstić information content (AvgIpc) is 3.00. The topological polar surface area (TPSA) is 112 Å². The Hall–Kier alpha value is -3.15. The van der Waals surface area contributed by atoms with Gasteiger partial charge in [0, 0.05) is 13.3 Å². The molecule has 2 N–H and O–H groups in total. The maximum absolute atomic E-state index is 13.0. The normalized spacial score (nSPS) is 13.1. The predicted molar refractivity (Wildman–Crippen MR) is 104 cm³/mol. The summed E-state index contributed by atoms with van der Waals surface area (Å²) in [6.07, 6.45) is -3.54. The first-order chi connectivity index (χ1) is 13.9. The molecule has 3 rings (SSSR count). The second-order valence-corrected chi connectivity index (χ2v) is 8.39. The van der Waals surface area contributed by atoms with Crippen LogP contribution in [0.1, 0.15) is 18.2 Å². The molecule has 2 heterocycles. The lowest BCUT2D eigenvalue weighted by Gasteiger charge is -2.10. The molecule has 30 heavy (non-hydrogen) atoms. The van der Waals surface area contributed by atoms with Crippen molar-refractivity contribution >= 4 is 26.7 Å². The first kappa shape index (κ1) is 21.6. The summed E-state index contributed by atoms with van der Waals surface area (Å²) in [5, 5.41) is 3.67. The minimum absolute atomic E-state index is 0.0462. The highest BCUT2D eigenvalue weighted by atomic mass is 32.2. The van der Waals surface area contributed by atoms with Gasteiger partial charge in [-0.1, -0.05) is 5.16 Å². The van der Waals surface area contributed by atoms with Gasteiger partial charge in [-0.3, -0.25) is 0 Å². The number of nitrogens with two attached hydrogens (primary N) is 1. The van der Waals surface area contributed by atoms with Crippen molar-refractivity contribution in [2.24, 2.45) is 17.9 Å². The molecule has 0 amide bonds. The van der Waals surface area contributed by atoms with E-state index in [4.69, 9.17) is 10.6 Å². The summed E-state index contributed by atoms with van der Waals surface area (Å²) in [7, 11) is -2.18. The van der Waals surface area contributed by atoms with Gasteiger partial charge in [0.1, 0.15) is 18.0 Å². The quantitative estimate of drug-likeness (QED) is 0.370. The van der Waals surface area contributed by atoms with Crippen LogP contribution in [0.5, 0.6) is 0 Å². The Kier molecular flexibility index (Phi) is 5.46. The van der Waals surface area contributed by atoms with Crippen LogP contribution in [0.15, 0.2) is 40.4 Å². The Morgan fingerprint density at radius 2 is 1.93 bits per heavy atom. The highest BCUT2D eigenvalue weighted by Gasteiger charge is 2.31. The van der Waals surface area contributed by atoms with Crippen molar-refractivity contribution in [2.45, 2.75) is 18.0 Å². The van der Waals surface area contributed by atoms with E-state index in [-0.39, 0.29) is 40.1 Å². The van der Waals surface area contributed by atoms with Crippen LogP contribution in [-0.2, 0) is 27.9 Å². The van der Waals surface area contributed by atoms with E-state index in [1.54, 1.807) is 14.0 Å². The number of benzene rings is 1. The maximum atomic E-state index is 13.0. The second-order valence-electron chi connectivity index (χ2n) is 6.41. The van der Waals surface area contributed by atoms with Gasteiger partial charge in [-0.25, -0.2) is 18.4 Å². The summed E-state index contributed by atoms with van der Waals surface area (Å²) in [5.74, 6) is -0.0212. The fourth-order valence-corrected chi connectivity index (χ4v) is 3.62. The number of rotatable bonds is 5. The van der Waals surface area contributed by atoms with E-state index >= 15 is 0 Å². The van der Waals surface area contributed by atoms with Crippen LogP contribution >= 0.6 is 0 Å². The SMILES string of the molecule is CCO/N=C(\N)c1ccc(S(C)(=O)=O)c(-c2nc3cc(C(F)(F)F)ccc3n2C)n1. The fraction of sp³-hybridized carbons (Fsp3) is 0.278. The van der Waals surface area contributed by atoms with Crippen LogP contribution in [0.25, 0.3) is 22.6 Å². The number of oxime groups is 1. The monoisotopic (exact) mass is 441 g/mol. The summed E-state index contributed by atoms with van der Waals surface area (Å²) in [6.45, 7) is 1.97. The molecule has 3 aromatic rings. The van der Waals surface area contributed by atoms with Gasteiger partial charge in [0.15, 0.2) is 21.5 Å². The van der Waals surface area contributed by atoms with E-state index in [0.29, 0.717) is 5.52 Å². The standard InChI is InChI=1S/C18H18F3N5O3S/c1-4-29-25-16(22)11-6-8-14(30(3,27)28)15(23-11)17-24-12-9-10(18(19,20)21)5-7-13(12)26(17)2/h5-9H,4H2,1-3H3,(H2,22,25). The highest BCUT2D eigenvalue weighted by molar-refractivity contribution is 7.90. The number of hydrogen-bond donors (Lipinski definition) is 1. The van der Waals surface area contributed by atoms with Gasteiger partial charge in [-0.05, 0) is 37.3 Å². The molecule has 0 unspecified atom stereocenters. The van der Waals surface area contributed by atoms with Gasteiger partial charge in [-0.2, -0.15) is 13.2 Å². The highest BCUT2D eigenvalue weighted by Crippen LogP contribution is 2.33. The number of fused-ring (bicyclic) bond motifs is 1. The third kappa shape index (κ3) is 4.08. The Morgan fingerprint density at radius 3 is 2.53 bits per heavy atom. The summed E-state index contributed by atoms with van der Waals surface area (Å²) in [4.78, 5) is 13.2. The minimum atomic E-state index is -4.54. The van der Waals surface area contributed by atoms with Crippen molar-refractivity contribution in [2.75, 3.05) is 12.9 Å². The number of nitrogens with zero attached hydrogens (tertiary/aromatic N) is 4. The molecule has 0 spiro atoms. The molecule has 0 radical (unpaired) electrons. The number of aryl methyl sites for hydroxylation is 1. The summed E-state index contributed by atoms with van der Waals surface area (Å²) >= 11 is 0. The van der Waals surface area contributed by atoms with Crippen LogP contribution in [0.3, 0.4) is 0 Å². The number of pyridine rings is 1. The molecule has 1 aromatic carbocycles. The number of hydrogen-bond acceptors (Lipinski definition) is 6. The third-order valence-corrected chi connectivity index (χ3v) is 5.36. The summed E-state index contributed by atoms with van der Waals surface area (Å²) in [6, 6.07) is 5.75. The molecule has 0 aliphatic rings. The van der Waals surface area contributed by atoms with Crippen LogP contribution in [0.4, 0.5) is 13.2 Å². The predicted octanol–water partition coefficient (Wildman–Crippen LogP) is 2.71. The Labute approximate surface area is 170 Å². The first-order valence-electron chi connectivity index (χ1n) is 8.64. The molecule has 8 nitrogen and oxygen atoms in total. The summed E-state index contributed by atoms with van der Waals surface area (Å²) < 4.78 is 65.2. The lowest BCUT2D eigenvalue weighted by atomic mass is 10.2. The number of aromatic nitrogens is 3. The number of imidazole rings is 1. The largest absolute Gasteiger partial charge is 0.416 e. The maximum Gasteiger partial charge on any atom is 0.416 e. The van der Waals surface area contributed by atoms with E-state index in [1.807, 2.05) is 0 Å². The van der Waals surface area contributed by atoms with Crippen molar-refractivity contribution in [1.82, 2.24) is 14.5 Å². The minimum Gasteiger partial charge on any atom is -0.394 e. The third-order valence-electron chi connectivity index (χ3n) is 4.23. The lowest BCUT2D eigenvalue weighted by molar-refractivity contribution is -0.137. The van der Waals surface area contributed by atoms with Crippen molar-refractivity contribution in [1.29, 1.82) is 0 Å². The van der Waals surface area contributed by atoms with E-state index in [2.05, 4.69) is 15.1 Å².